The van der Waals surface area contributed by atoms with Gasteiger partial charge in [-0.1, -0.05) is 13.8 Å². The number of primary amides is 1. The predicted molar refractivity (Wildman–Crippen MR) is 81.6 cm³/mol. The average Bonchev–Trinajstić information content (AvgIpc) is 2.57. The van der Waals surface area contributed by atoms with E-state index in [2.05, 4.69) is 24.3 Å². The molecule has 0 aromatic carbocycles. The summed E-state index contributed by atoms with van der Waals surface area (Å²) in [7, 11) is 1.90. The number of hydrogen-bond acceptors (Lipinski definition) is 4. The standard InChI is InChI=1S/C14H27N5O/c1-9(2)16-7-12-11(5)17-18(6)14(12)19(10(3)4)8-13(15)20/h9-10,16H,7-8H2,1-6H3,(H2,15,20). The largest absolute Gasteiger partial charge is 0.368 e. The quantitative estimate of drug-likeness (QED) is 0.779. The minimum absolute atomic E-state index is 0.176. The van der Waals surface area contributed by atoms with E-state index in [0.717, 1.165) is 23.6 Å². The molecule has 0 aliphatic carbocycles. The van der Waals surface area contributed by atoms with E-state index in [0.29, 0.717) is 6.04 Å². The molecule has 0 atom stereocenters. The molecule has 0 radical (unpaired) electrons. The predicted octanol–water partition coefficient (Wildman–Crippen LogP) is 0.927. The number of rotatable bonds is 7. The minimum atomic E-state index is -0.333. The second-order valence-corrected chi connectivity index (χ2v) is 5.73. The van der Waals surface area contributed by atoms with Crippen LogP contribution in [0.2, 0.25) is 0 Å². The van der Waals surface area contributed by atoms with Crippen molar-refractivity contribution in [2.24, 2.45) is 12.8 Å². The molecule has 0 saturated heterocycles. The first-order valence-electron chi connectivity index (χ1n) is 7.04. The van der Waals surface area contributed by atoms with Crippen LogP contribution in [0.25, 0.3) is 0 Å². The van der Waals surface area contributed by atoms with Crippen LogP contribution in [0.15, 0.2) is 0 Å². The zero-order valence-electron chi connectivity index (χ0n) is 13.4. The molecule has 114 valence electrons. The lowest BCUT2D eigenvalue weighted by atomic mass is 10.2. The molecule has 0 spiro atoms. The third-order valence-electron chi connectivity index (χ3n) is 3.22. The van der Waals surface area contributed by atoms with Crippen molar-refractivity contribution in [1.29, 1.82) is 0 Å². The van der Waals surface area contributed by atoms with Crippen molar-refractivity contribution in [3.8, 4) is 0 Å². The fourth-order valence-corrected chi connectivity index (χ4v) is 2.23. The Bertz CT molecular complexity index is 464. The fourth-order valence-electron chi connectivity index (χ4n) is 2.23. The van der Waals surface area contributed by atoms with Gasteiger partial charge in [-0.3, -0.25) is 9.48 Å². The lowest BCUT2D eigenvalue weighted by molar-refractivity contribution is -0.116. The van der Waals surface area contributed by atoms with Gasteiger partial charge in [0.2, 0.25) is 5.91 Å². The normalized spacial score (nSPS) is 11.4. The molecule has 1 amide bonds. The molecule has 20 heavy (non-hydrogen) atoms. The first-order chi connectivity index (χ1) is 9.23. The van der Waals surface area contributed by atoms with Gasteiger partial charge in [-0.25, -0.2) is 0 Å². The highest BCUT2D eigenvalue weighted by Crippen LogP contribution is 2.25. The Morgan fingerprint density at radius 2 is 2.00 bits per heavy atom. The SMILES string of the molecule is Cc1nn(C)c(N(CC(N)=O)C(C)C)c1CNC(C)C. The highest BCUT2D eigenvalue weighted by Gasteiger charge is 2.22. The van der Waals surface area contributed by atoms with E-state index in [1.165, 1.54) is 0 Å². The van der Waals surface area contributed by atoms with E-state index in [4.69, 9.17) is 5.73 Å². The molecule has 0 bridgehead atoms. The maximum absolute atomic E-state index is 11.3. The molecule has 1 aromatic heterocycles. The molecule has 0 fully saturated rings. The number of carbonyl (C=O) groups is 1. The van der Waals surface area contributed by atoms with Crippen LogP contribution in [-0.4, -0.2) is 34.3 Å². The average molecular weight is 281 g/mol. The highest BCUT2D eigenvalue weighted by atomic mass is 16.1. The Morgan fingerprint density at radius 3 is 2.45 bits per heavy atom. The second kappa shape index (κ2) is 6.74. The first-order valence-corrected chi connectivity index (χ1v) is 7.04. The number of amides is 1. The number of nitrogens with zero attached hydrogens (tertiary/aromatic N) is 3. The number of hydrogen-bond donors (Lipinski definition) is 2. The first kappa shape index (κ1) is 16.5. The Balaban J connectivity index is 3.15. The number of nitrogens with one attached hydrogen (secondary N) is 1. The van der Waals surface area contributed by atoms with Crippen LogP contribution in [-0.2, 0) is 18.4 Å². The molecule has 3 N–H and O–H groups in total. The van der Waals surface area contributed by atoms with Crippen LogP contribution in [0.4, 0.5) is 5.82 Å². The van der Waals surface area contributed by atoms with Crippen molar-refractivity contribution in [3.05, 3.63) is 11.3 Å². The van der Waals surface area contributed by atoms with E-state index < -0.39 is 0 Å². The molecule has 6 heteroatoms. The molecule has 1 heterocycles. The van der Waals surface area contributed by atoms with Gasteiger partial charge in [-0.05, 0) is 20.8 Å². The summed E-state index contributed by atoms with van der Waals surface area (Å²) >= 11 is 0. The molecule has 1 rings (SSSR count). The molecule has 0 aliphatic heterocycles. The van der Waals surface area contributed by atoms with Gasteiger partial charge in [0.1, 0.15) is 5.82 Å². The summed E-state index contributed by atoms with van der Waals surface area (Å²) in [6.07, 6.45) is 0. The number of aryl methyl sites for hydroxylation is 2. The molecular weight excluding hydrogens is 254 g/mol. The van der Waals surface area contributed by atoms with Gasteiger partial charge in [0, 0.05) is 31.2 Å². The third-order valence-corrected chi connectivity index (χ3v) is 3.22. The lowest BCUT2D eigenvalue weighted by Crippen LogP contribution is -2.40. The van der Waals surface area contributed by atoms with Crippen LogP contribution >= 0.6 is 0 Å². The highest BCUT2D eigenvalue weighted by molar-refractivity contribution is 5.79. The van der Waals surface area contributed by atoms with E-state index >= 15 is 0 Å². The maximum atomic E-state index is 11.3. The van der Waals surface area contributed by atoms with Gasteiger partial charge in [-0.15, -0.1) is 0 Å². The second-order valence-electron chi connectivity index (χ2n) is 5.73. The van der Waals surface area contributed by atoms with Crippen LogP contribution in [0, 0.1) is 6.92 Å². The van der Waals surface area contributed by atoms with Crippen molar-refractivity contribution in [1.82, 2.24) is 15.1 Å². The van der Waals surface area contributed by atoms with Crippen molar-refractivity contribution >= 4 is 11.7 Å². The van der Waals surface area contributed by atoms with Gasteiger partial charge in [0.15, 0.2) is 0 Å². The van der Waals surface area contributed by atoms with Crippen molar-refractivity contribution in [2.45, 2.75) is 53.2 Å². The van der Waals surface area contributed by atoms with Crippen molar-refractivity contribution < 1.29 is 4.79 Å². The molecular formula is C14H27N5O. The molecule has 0 saturated carbocycles. The van der Waals surface area contributed by atoms with Crippen LogP contribution in [0.5, 0.6) is 0 Å². The van der Waals surface area contributed by atoms with Gasteiger partial charge in [0.25, 0.3) is 0 Å². The van der Waals surface area contributed by atoms with Gasteiger partial charge < -0.3 is 16.0 Å². The summed E-state index contributed by atoms with van der Waals surface area (Å²) in [5.41, 5.74) is 7.47. The summed E-state index contributed by atoms with van der Waals surface area (Å²) in [4.78, 5) is 13.3. The summed E-state index contributed by atoms with van der Waals surface area (Å²) < 4.78 is 1.83. The maximum Gasteiger partial charge on any atom is 0.237 e. The molecule has 6 nitrogen and oxygen atoms in total. The van der Waals surface area contributed by atoms with E-state index in [-0.39, 0.29) is 18.5 Å². The lowest BCUT2D eigenvalue weighted by Gasteiger charge is -2.28. The summed E-state index contributed by atoms with van der Waals surface area (Å²) in [6, 6.07) is 0.571. The van der Waals surface area contributed by atoms with E-state index in [9.17, 15) is 4.79 Å². The van der Waals surface area contributed by atoms with Crippen LogP contribution < -0.4 is 16.0 Å². The van der Waals surface area contributed by atoms with E-state index in [1.54, 1.807) is 0 Å². The molecule has 0 aliphatic rings. The van der Waals surface area contributed by atoms with Crippen molar-refractivity contribution in [3.63, 3.8) is 0 Å². The Kier molecular flexibility index (Phi) is 5.56. The zero-order valence-corrected chi connectivity index (χ0v) is 13.4. The van der Waals surface area contributed by atoms with Gasteiger partial charge in [0.05, 0.1) is 12.2 Å². The monoisotopic (exact) mass is 281 g/mol. The summed E-state index contributed by atoms with van der Waals surface area (Å²) in [5, 5.41) is 7.89. The number of nitrogens with two attached hydrogens (primary N) is 1. The summed E-state index contributed by atoms with van der Waals surface area (Å²) in [5.74, 6) is 0.629. The topological polar surface area (TPSA) is 76.2 Å². The Labute approximate surface area is 121 Å². The number of anilines is 1. The minimum Gasteiger partial charge on any atom is -0.368 e. The van der Waals surface area contributed by atoms with Crippen LogP contribution in [0.3, 0.4) is 0 Å². The van der Waals surface area contributed by atoms with E-state index in [1.807, 2.05) is 37.4 Å². The summed E-state index contributed by atoms with van der Waals surface area (Å²) in [6.45, 7) is 11.2. The third kappa shape index (κ3) is 3.96. The smallest absolute Gasteiger partial charge is 0.237 e. The number of aromatic nitrogens is 2. The Morgan fingerprint density at radius 1 is 1.40 bits per heavy atom. The Hall–Kier alpha value is -1.56. The number of carbonyl (C=O) groups excluding carboxylic acids is 1. The zero-order chi connectivity index (χ0) is 15.4. The van der Waals surface area contributed by atoms with Gasteiger partial charge in [-0.2, -0.15) is 5.10 Å². The van der Waals surface area contributed by atoms with Gasteiger partial charge >= 0.3 is 0 Å². The van der Waals surface area contributed by atoms with Crippen molar-refractivity contribution in [2.75, 3.05) is 11.4 Å². The molecule has 1 aromatic rings. The fraction of sp³-hybridized carbons (Fsp3) is 0.714. The van der Waals surface area contributed by atoms with Crippen LogP contribution in [0.1, 0.15) is 39.0 Å². The molecule has 0 unspecified atom stereocenters.